The Kier molecular flexibility index (Phi) is 2.46. The number of aliphatic hydroxyl groups is 1. The summed E-state index contributed by atoms with van der Waals surface area (Å²) >= 11 is 0. The van der Waals surface area contributed by atoms with Gasteiger partial charge in [-0.2, -0.15) is 13.2 Å². The van der Waals surface area contributed by atoms with Crippen molar-refractivity contribution in [3.63, 3.8) is 0 Å². The van der Waals surface area contributed by atoms with E-state index < -0.39 is 29.6 Å². The molecule has 0 amide bonds. The first kappa shape index (κ1) is 9.85. The van der Waals surface area contributed by atoms with Gasteiger partial charge < -0.3 is 5.11 Å². The van der Waals surface area contributed by atoms with Crippen LogP contribution in [0.4, 0.5) is 13.2 Å². The quantitative estimate of drug-likeness (QED) is 0.634. The lowest BCUT2D eigenvalue weighted by molar-refractivity contribution is -0.141. The third-order valence-corrected chi connectivity index (χ3v) is 1.52. The molecule has 1 heterocycles. The van der Waals surface area contributed by atoms with Crippen LogP contribution >= 0.6 is 0 Å². The molecule has 0 aliphatic rings. The maximum atomic E-state index is 12.1. The summed E-state index contributed by atoms with van der Waals surface area (Å²) in [6, 6.07) is 0. The van der Waals surface area contributed by atoms with Crippen molar-refractivity contribution >= 4 is 0 Å². The van der Waals surface area contributed by atoms with E-state index in [0.717, 1.165) is 0 Å². The molecule has 0 saturated heterocycles. The highest BCUT2D eigenvalue weighted by atomic mass is 19.4. The molecule has 13 heavy (non-hydrogen) atoms. The molecule has 0 radical (unpaired) electrons. The number of rotatable bonds is 2. The van der Waals surface area contributed by atoms with Crippen molar-refractivity contribution in [1.82, 2.24) is 10.2 Å². The lowest BCUT2D eigenvalue weighted by Crippen LogP contribution is -2.14. The van der Waals surface area contributed by atoms with Crippen molar-refractivity contribution in [2.75, 3.05) is 6.61 Å². The topological polar surface area (TPSA) is 68.9 Å². The Morgan fingerprint density at radius 3 is 2.38 bits per heavy atom. The van der Waals surface area contributed by atoms with Gasteiger partial charge in [0.2, 0.25) is 0 Å². The Labute approximate surface area is 70.4 Å². The van der Waals surface area contributed by atoms with Crippen LogP contribution in [0.15, 0.2) is 4.79 Å². The zero-order valence-corrected chi connectivity index (χ0v) is 6.40. The van der Waals surface area contributed by atoms with Crippen LogP contribution < -0.4 is 5.56 Å². The van der Waals surface area contributed by atoms with Gasteiger partial charge in [-0.1, -0.05) is 0 Å². The highest BCUT2D eigenvalue weighted by molar-refractivity contribution is 5.19. The summed E-state index contributed by atoms with van der Waals surface area (Å²) in [5.41, 5.74) is -2.43. The average Bonchev–Trinajstić information content (AvgIpc) is 2.32. The average molecular weight is 196 g/mol. The SMILES string of the molecule is O=c1[nH][nH]c(C(F)(F)F)c1CCO. The smallest absolute Gasteiger partial charge is 0.396 e. The fourth-order valence-electron chi connectivity index (χ4n) is 0.976. The molecule has 0 spiro atoms. The monoisotopic (exact) mass is 196 g/mol. The van der Waals surface area contributed by atoms with Crippen molar-refractivity contribution in [3.8, 4) is 0 Å². The third-order valence-electron chi connectivity index (χ3n) is 1.52. The molecular formula is C6H7F3N2O2. The van der Waals surface area contributed by atoms with Crippen molar-refractivity contribution in [2.24, 2.45) is 0 Å². The van der Waals surface area contributed by atoms with Crippen LogP contribution in [0.2, 0.25) is 0 Å². The van der Waals surface area contributed by atoms with Crippen LogP contribution in [0.25, 0.3) is 0 Å². The predicted molar refractivity (Wildman–Crippen MR) is 37.2 cm³/mol. The minimum absolute atomic E-state index is 0.312. The van der Waals surface area contributed by atoms with E-state index in [4.69, 9.17) is 5.11 Å². The van der Waals surface area contributed by atoms with E-state index in [1.807, 2.05) is 5.10 Å². The Morgan fingerprint density at radius 2 is 1.92 bits per heavy atom. The minimum Gasteiger partial charge on any atom is -0.396 e. The number of alkyl halides is 3. The third kappa shape index (κ3) is 1.92. The second kappa shape index (κ2) is 3.25. The number of hydrogen-bond acceptors (Lipinski definition) is 2. The van der Waals surface area contributed by atoms with Gasteiger partial charge in [-0.05, 0) is 0 Å². The van der Waals surface area contributed by atoms with Crippen LogP contribution in [-0.4, -0.2) is 21.9 Å². The normalized spacial score (nSPS) is 12.0. The first-order chi connectivity index (χ1) is 5.96. The molecular weight excluding hydrogens is 189 g/mol. The van der Waals surface area contributed by atoms with Crippen LogP contribution in [0.1, 0.15) is 11.3 Å². The van der Waals surface area contributed by atoms with E-state index in [1.54, 1.807) is 5.10 Å². The highest BCUT2D eigenvalue weighted by Gasteiger charge is 2.36. The van der Waals surface area contributed by atoms with E-state index in [-0.39, 0.29) is 6.42 Å². The molecule has 7 heteroatoms. The maximum Gasteiger partial charge on any atom is 0.433 e. The number of aromatic nitrogens is 2. The minimum atomic E-state index is -4.59. The first-order valence-corrected chi connectivity index (χ1v) is 3.44. The molecule has 0 aliphatic heterocycles. The summed E-state index contributed by atoms with van der Waals surface area (Å²) in [7, 11) is 0. The van der Waals surface area contributed by atoms with Gasteiger partial charge >= 0.3 is 6.18 Å². The number of halogens is 3. The Balaban J connectivity index is 3.15. The van der Waals surface area contributed by atoms with E-state index in [9.17, 15) is 18.0 Å². The molecule has 0 fully saturated rings. The predicted octanol–water partition coefficient (Wildman–Crippen LogP) is 0.257. The zero-order valence-electron chi connectivity index (χ0n) is 6.40. The summed E-state index contributed by atoms with van der Waals surface area (Å²) in [4.78, 5) is 10.8. The van der Waals surface area contributed by atoms with Crippen LogP contribution in [0.5, 0.6) is 0 Å². The number of H-pyrrole nitrogens is 2. The Bertz CT molecular complexity index is 338. The molecule has 0 aromatic carbocycles. The highest BCUT2D eigenvalue weighted by Crippen LogP contribution is 2.28. The van der Waals surface area contributed by atoms with Crippen LogP contribution in [0.3, 0.4) is 0 Å². The lowest BCUT2D eigenvalue weighted by atomic mass is 10.2. The van der Waals surface area contributed by atoms with Crippen molar-refractivity contribution in [2.45, 2.75) is 12.6 Å². The molecule has 1 rings (SSSR count). The molecule has 0 bridgehead atoms. The molecule has 4 nitrogen and oxygen atoms in total. The second-order valence-corrected chi connectivity index (χ2v) is 2.40. The molecule has 0 unspecified atom stereocenters. The van der Waals surface area contributed by atoms with Crippen molar-refractivity contribution < 1.29 is 18.3 Å². The van der Waals surface area contributed by atoms with Gasteiger partial charge in [0, 0.05) is 13.0 Å². The summed E-state index contributed by atoms with van der Waals surface area (Å²) in [5.74, 6) is 0. The fourth-order valence-corrected chi connectivity index (χ4v) is 0.976. The van der Waals surface area contributed by atoms with Crippen LogP contribution in [-0.2, 0) is 12.6 Å². The summed E-state index contributed by atoms with van der Waals surface area (Å²) < 4.78 is 36.3. The summed E-state index contributed by atoms with van der Waals surface area (Å²) in [6.07, 6.45) is -4.91. The van der Waals surface area contributed by atoms with Gasteiger partial charge in [-0.15, -0.1) is 0 Å². The van der Waals surface area contributed by atoms with E-state index in [1.165, 1.54) is 0 Å². The number of aliphatic hydroxyl groups excluding tert-OH is 1. The maximum absolute atomic E-state index is 12.1. The standard InChI is InChI=1S/C6H7F3N2O2/c7-6(8,9)4-3(1-2-12)5(13)11-10-4/h12H,1-2H2,(H2,10,11,13). The van der Waals surface area contributed by atoms with E-state index >= 15 is 0 Å². The largest absolute Gasteiger partial charge is 0.433 e. The second-order valence-electron chi connectivity index (χ2n) is 2.40. The van der Waals surface area contributed by atoms with E-state index in [0.29, 0.717) is 0 Å². The fraction of sp³-hybridized carbons (Fsp3) is 0.500. The Hall–Kier alpha value is -1.24. The molecule has 0 atom stereocenters. The van der Waals surface area contributed by atoms with E-state index in [2.05, 4.69) is 0 Å². The van der Waals surface area contributed by atoms with Gasteiger partial charge in [0.25, 0.3) is 5.56 Å². The number of nitrogens with one attached hydrogen (secondary N) is 2. The molecule has 1 aromatic rings. The van der Waals surface area contributed by atoms with Gasteiger partial charge in [0.15, 0.2) is 0 Å². The van der Waals surface area contributed by atoms with Crippen molar-refractivity contribution in [1.29, 1.82) is 0 Å². The summed E-state index contributed by atoms with van der Waals surface area (Å²) in [5, 5.41) is 12.0. The molecule has 74 valence electrons. The van der Waals surface area contributed by atoms with Gasteiger partial charge in [-0.25, -0.2) is 0 Å². The molecule has 3 N–H and O–H groups in total. The van der Waals surface area contributed by atoms with Gasteiger partial charge in [0.1, 0.15) is 5.69 Å². The van der Waals surface area contributed by atoms with Crippen molar-refractivity contribution in [3.05, 3.63) is 21.6 Å². The lowest BCUT2D eigenvalue weighted by Gasteiger charge is -2.04. The Morgan fingerprint density at radius 1 is 1.31 bits per heavy atom. The molecule has 1 aromatic heterocycles. The van der Waals surface area contributed by atoms with Gasteiger partial charge in [0.05, 0.1) is 5.56 Å². The molecule has 0 saturated carbocycles. The number of hydrogen-bond donors (Lipinski definition) is 3. The van der Waals surface area contributed by atoms with Gasteiger partial charge in [-0.3, -0.25) is 15.0 Å². The zero-order chi connectivity index (χ0) is 10.1. The summed E-state index contributed by atoms with van der Waals surface area (Å²) in [6.45, 7) is -0.496. The number of aromatic amines is 2. The molecule has 0 aliphatic carbocycles. The first-order valence-electron chi connectivity index (χ1n) is 3.44. The van der Waals surface area contributed by atoms with Crippen LogP contribution in [0, 0.1) is 0 Å².